The van der Waals surface area contributed by atoms with Crippen molar-refractivity contribution in [2.24, 2.45) is 0 Å². The standard InChI is InChI=1S/C7H11F2N3/c1-2-7(8,9)5-12-4-3-11-6(12)10/h3-4H,2,5H2,1H3,(H2,10,11). The van der Waals surface area contributed by atoms with E-state index in [4.69, 9.17) is 5.73 Å². The monoisotopic (exact) mass is 175 g/mol. The lowest BCUT2D eigenvalue weighted by atomic mass is 10.2. The van der Waals surface area contributed by atoms with Crippen LogP contribution in [0.4, 0.5) is 14.7 Å². The van der Waals surface area contributed by atoms with Crippen LogP contribution < -0.4 is 5.73 Å². The Kier molecular flexibility index (Phi) is 2.30. The van der Waals surface area contributed by atoms with E-state index in [1.165, 1.54) is 23.9 Å². The first kappa shape index (κ1) is 8.96. The summed E-state index contributed by atoms with van der Waals surface area (Å²) in [6.45, 7) is 1.04. The van der Waals surface area contributed by atoms with E-state index in [1.807, 2.05) is 0 Å². The van der Waals surface area contributed by atoms with E-state index in [-0.39, 0.29) is 12.4 Å². The molecule has 12 heavy (non-hydrogen) atoms. The third-order valence-electron chi connectivity index (χ3n) is 1.67. The quantitative estimate of drug-likeness (QED) is 0.756. The average Bonchev–Trinajstić information content (AvgIpc) is 2.36. The number of alkyl halides is 2. The summed E-state index contributed by atoms with van der Waals surface area (Å²) in [4.78, 5) is 3.64. The minimum atomic E-state index is -2.70. The Balaban J connectivity index is 2.70. The van der Waals surface area contributed by atoms with Gasteiger partial charge in [0.05, 0.1) is 6.54 Å². The first-order valence-electron chi connectivity index (χ1n) is 3.69. The molecule has 0 bridgehead atoms. The van der Waals surface area contributed by atoms with Crippen molar-refractivity contribution in [2.75, 3.05) is 5.73 Å². The second-order valence-electron chi connectivity index (χ2n) is 2.62. The SMILES string of the molecule is CCC(F)(F)Cn1ccnc1N. The molecular formula is C7H11F2N3. The van der Waals surface area contributed by atoms with Crippen molar-refractivity contribution >= 4 is 5.95 Å². The Morgan fingerprint density at radius 1 is 1.67 bits per heavy atom. The highest BCUT2D eigenvalue weighted by Crippen LogP contribution is 2.21. The van der Waals surface area contributed by atoms with Crippen molar-refractivity contribution in [1.82, 2.24) is 9.55 Å². The van der Waals surface area contributed by atoms with Crippen molar-refractivity contribution in [1.29, 1.82) is 0 Å². The van der Waals surface area contributed by atoms with Gasteiger partial charge in [0.15, 0.2) is 5.95 Å². The van der Waals surface area contributed by atoms with Crippen molar-refractivity contribution in [3.05, 3.63) is 12.4 Å². The molecule has 0 aliphatic carbocycles. The van der Waals surface area contributed by atoms with Crippen LogP contribution in [0.15, 0.2) is 12.4 Å². The Morgan fingerprint density at radius 3 is 2.75 bits per heavy atom. The predicted molar refractivity (Wildman–Crippen MR) is 41.9 cm³/mol. The zero-order chi connectivity index (χ0) is 9.19. The van der Waals surface area contributed by atoms with Gasteiger partial charge in [-0.05, 0) is 0 Å². The second kappa shape index (κ2) is 3.08. The van der Waals surface area contributed by atoms with E-state index < -0.39 is 12.5 Å². The molecule has 0 spiro atoms. The Labute approximate surface area is 69.2 Å². The summed E-state index contributed by atoms with van der Waals surface area (Å²) in [7, 11) is 0. The lowest BCUT2D eigenvalue weighted by molar-refractivity contribution is -0.0193. The highest BCUT2D eigenvalue weighted by Gasteiger charge is 2.27. The van der Waals surface area contributed by atoms with Gasteiger partial charge in [0, 0.05) is 18.8 Å². The minimum absolute atomic E-state index is 0.128. The lowest BCUT2D eigenvalue weighted by Crippen LogP contribution is -2.23. The molecule has 0 aromatic carbocycles. The molecule has 2 N–H and O–H groups in total. The van der Waals surface area contributed by atoms with Crippen molar-refractivity contribution in [2.45, 2.75) is 25.8 Å². The molecule has 0 amide bonds. The number of aromatic nitrogens is 2. The third-order valence-corrected chi connectivity index (χ3v) is 1.67. The van der Waals surface area contributed by atoms with Crippen molar-refractivity contribution < 1.29 is 8.78 Å². The number of hydrogen-bond donors (Lipinski definition) is 1. The van der Waals surface area contributed by atoms with Crippen LogP contribution in [0.25, 0.3) is 0 Å². The number of rotatable bonds is 3. The number of imidazole rings is 1. The van der Waals surface area contributed by atoms with E-state index in [9.17, 15) is 8.78 Å². The third kappa shape index (κ3) is 1.93. The van der Waals surface area contributed by atoms with E-state index >= 15 is 0 Å². The van der Waals surface area contributed by atoms with Crippen LogP contribution in [0, 0.1) is 0 Å². The molecule has 68 valence electrons. The fraction of sp³-hybridized carbons (Fsp3) is 0.571. The topological polar surface area (TPSA) is 43.8 Å². The predicted octanol–water partition coefficient (Wildman–Crippen LogP) is 1.51. The summed E-state index contributed by atoms with van der Waals surface area (Å²) in [5, 5.41) is 0. The molecule has 0 unspecified atom stereocenters. The maximum Gasteiger partial charge on any atom is 0.265 e. The molecule has 0 fully saturated rings. The maximum absolute atomic E-state index is 12.8. The minimum Gasteiger partial charge on any atom is -0.369 e. The van der Waals surface area contributed by atoms with Gasteiger partial charge in [-0.2, -0.15) is 0 Å². The molecular weight excluding hydrogens is 164 g/mol. The molecule has 0 aliphatic heterocycles. The van der Waals surface area contributed by atoms with E-state index in [0.29, 0.717) is 0 Å². The highest BCUT2D eigenvalue weighted by atomic mass is 19.3. The number of nitrogen functional groups attached to an aromatic ring is 1. The molecule has 1 rings (SSSR count). The van der Waals surface area contributed by atoms with Gasteiger partial charge in [0.1, 0.15) is 0 Å². The molecule has 3 nitrogen and oxygen atoms in total. The number of hydrogen-bond acceptors (Lipinski definition) is 2. The van der Waals surface area contributed by atoms with Gasteiger partial charge in [-0.15, -0.1) is 0 Å². The van der Waals surface area contributed by atoms with Crippen LogP contribution in [0.5, 0.6) is 0 Å². The first-order valence-corrected chi connectivity index (χ1v) is 3.69. The molecule has 1 aromatic rings. The summed E-state index contributed by atoms with van der Waals surface area (Å²) in [5.74, 6) is -2.57. The van der Waals surface area contributed by atoms with Gasteiger partial charge in [-0.3, -0.25) is 0 Å². The van der Waals surface area contributed by atoms with E-state index in [2.05, 4.69) is 4.98 Å². The fourth-order valence-electron chi connectivity index (χ4n) is 0.835. The highest BCUT2D eigenvalue weighted by molar-refractivity contribution is 5.16. The van der Waals surface area contributed by atoms with Crippen molar-refractivity contribution in [3.63, 3.8) is 0 Å². The van der Waals surface area contributed by atoms with Gasteiger partial charge >= 0.3 is 0 Å². The fourth-order valence-corrected chi connectivity index (χ4v) is 0.835. The van der Waals surface area contributed by atoms with Crippen LogP contribution in [-0.4, -0.2) is 15.5 Å². The Hall–Kier alpha value is -1.13. The molecule has 0 aliphatic rings. The van der Waals surface area contributed by atoms with Gasteiger partial charge in [-0.1, -0.05) is 6.92 Å². The largest absolute Gasteiger partial charge is 0.369 e. The van der Waals surface area contributed by atoms with Crippen LogP contribution in [0.3, 0.4) is 0 Å². The van der Waals surface area contributed by atoms with Gasteiger partial charge in [0.2, 0.25) is 0 Å². The van der Waals surface area contributed by atoms with Gasteiger partial charge in [-0.25, -0.2) is 13.8 Å². The lowest BCUT2D eigenvalue weighted by Gasteiger charge is -2.14. The van der Waals surface area contributed by atoms with Crippen LogP contribution in [0.2, 0.25) is 0 Å². The van der Waals surface area contributed by atoms with Crippen LogP contribution >= 0.6 is 0 Å². The Morgan fingerprint density at radius 2 is 2.33 bits per heavy atom. The van der Waals surface area contributed by atoms with E-state index in [1.54, 1.807) is 0 Å². The van der Waals surface area contributed by atoms with E-state index in [0.717, 1.165) is 0 Å². The summed E-state index contributed by atoms with van der Waals surface area (Å²) in [6, 6.07) is 0. The summed E-state index contributed by atoms with van der Waals surface area (Å²) < 4.78 is 26.8. The number of anilines is 1. The van der Waals surface area contributed by atoms with Crippen LogP contribution in [0.1, 0.15) is 13.3 Å². The molecule has 1 aromatic heterocycles. The van der Waals surface area contributed by atoms with Crippen molar-refractivity contribution in [3.8, 4) is 0 Å². The summed E-state index contributed by atoms with van der Waals surface area (Å²) in [5.41, 5.74) is 5.32. The average molecular weight is 175 g/mol. The normalized spacial score (nSPS) is 11.9. The molecule has 5 heteroatoms. The number of halogens is 2. The van der Waals surface area contributed by atoms with Gasteiger partial charge < -0.3 is 10.3 Å². The molecule has 0 saturated heterocycles. The summed E-state index contributed by atoms with van der Waals surface area (Å²) in [6.07, 6.45) is 2.66. The zero-order valence-electron chi connectivity index (χ0n) is 6.80. The molecule has 0 saturated carbocycles. The zero-order valence-corrected chi connectivity index (χ0v) is 6.80. The maximum atomic E-state index is 12.8. The first-order chi connectivity index (χ1) is 5.55. The smallest absolute Gasteiger partial charge is 0.265 e. The molecule has 0 radical (unpaired) electrons. The molecule has 1 heterocycles. The summed E-state index contributed by atoms with van der Waals surface area (Å²) >= 11 is 0. The molecule has 0 atom stereocenters. The Bertz CT molecular complexity index is 257. The number of nitrogens with zero attached hydrogens (tertiary/aromatic N) is 2. The second-order valence-corrected chi connectivity index (χ2v) is 2.62. The number of nitrogens with two attached hydrogens (primary N) is 1. The van der Waals surface area contributed by atoms with Gasteiger partial charge in [0.25, 0.3) is 5.92 Å². The van der Waals surface area contributed by atoms with Crippen LogP contribution in [-0.2, 0) is 6.54 Å².